The summed E-state index contributed by atoms with van der Waals surface area (Å²) < 4.78 is 4.90. The molecule has 0 N–H and O–H groups in total. The summed E-state index contributed by atoms with van der Waals surface area (Å²) in [6, 6.07) is 3.06. The van der Waals surface area contributed by atoms with E-state index in [4.69, 9.17) is 4.74 Å². The molecule has 5 heteroatoms. The van der Waals surface area contributed by atoms with Crippen molar-refractivity contribution in [2.24, 2.45) is 0 Å². The minimum Gasteiger partial charge on any atom is -0.496 e. The molecule has 0 aromatic heterocycles. The lowest BCUT2D eigenvalue weighted by atomic mass is 10.2. The molecule has 0 saturated carbocycles. The Kier molecular flexibility index (Phi) is 2.77. The fraction of sp³-hybridized carbons (Fsp3) is 0.250. The molecule has 1 rings (SSSR count). The van der Waals surface area contributed by atoms with E-state index in [0.717, 1.165) is 5.56 Å². The minimum absolute atomic E-state index is 0.0276. The Hall–Kier alpha value is -1.23. The summed E-state index contributed by atoms with van der Waals surface area (Å²) in [6.07, 6.45) is 0. The van der Waals surface area contributed by atoms with E-state index in [-0.39, 0.29) is 5.69 Å². The van der Waals surface area contributed by atoms with Crippen molar-refractivity contribution < 1.29 is 9.66 Å². The summed E-state index contributed by atoms with van der Waals surface area (Å²) in [5.41, 5.74) is 0.703. The zero-order valence-corrected chi connectivity index (χ0v) is 8.17. The lowest BCUT2D eigenvalue weighted by molar-refractivity contribution is -0.387. The van der Waals surface area contributed by atoms with Crippen LogP contribution in [0.25, 0.3) is 0 Å². The zero-order chi connectivity index (χ0) is 10.0. The highest BCUT2D eigenvalue weighted by Gasteiger charge is 2.14. The summed E-state index contributed by atoms with van der Waals surface area (Å²) in [6.45, 7) is 1.75. The Morgan fingerprint density at radius 1 is 1.54 bits per heavy atom. The Morgan fingerprint density at radius 2 is 2.15 bits per heavy atom. The number of nitrogens with zero attached hydrogens (tertiary/aromatic N) is 1. The molecule has 0 aliphatic carbocycles. The highest BCUT2D eigenvalue weighted by molar-refractivity contribution is 7.80. The summed E-state index contributed by atoms with van der Waals surface area (Å²) in [5, 5.41) is 10.5. The molecule has 0 heterocycles. The molecule has 0 amide bonds. The van der Waals surface area contributed by atoms with Gasteiger partial charge in [0.1, 0.15) is 5.75 Å². The first-order valence-electron chi connectivity index (χ1n) is 3.58. The summed E-state index contributed by atoms with van der Waals surface area (Å²) in [4.78, 5) is 10.4. The Bertz CT molecular complexity index is 351. The van der Waals surface area contributed by atoms with Gasteiger partial charge in [-0.25, -0.2) is 0 Å². The van der Waals surface area contributed by atoms with E-state index in [1.807, 2.05) is 0 Å². The van der Waals surface area contributed by atoms with Crippen LogP contribution in [0.4, 0.5) is 5.69 Å². The number of nitro groups is 1. The molecule has 0 bridgehead atoms. The second-order valence-electron chi connectivity index (χ2n) is 2.57. The lowest BCUT2D eigenvalue weighted by Gasteiger charge is -2.04. The number of thiol groups is 1. The molecule has 13 heavy (non-hydrogen) atoms. The van der Waals surface area contributed by atoms with Crippen molar-refractivity contribution in [1.29, 1.82) is 0 Å². The highest BCUT2D eigenvalue weighted by Crippen LogP contribution is 2.30. The molecular formula is C8H9NO3S. The maximum absolute atomic E-state index is 10.5. The summed E-state index contributed by atoms with van der Waals surface area (Å²) >= 11 is 4.04. The zero-order valence-electron chi connectivity index (χ0n) is 7.27. The molecule has 1 aromatic rings. The Balaban J connectivity index is 3.33. The van der Waals surface area contributed by atoms with Crippen molar-refractivity contribution in [2.75, 3.05) is 7.11 Å². The van der Waals surface area contributed by atoms with Gasteiger partial charge in [-0.05, 0) is 18.6 Å². The van der Waals surface area contributed by atoms with Crippen LogP contribution in [0.15, 0.2) is 17.0 Å². The number of benzene rings is 1. The number of ether oxygens (including phenoxy) is 1. The van der Waals surface area contributed by atoms with E-state index in [0.29, 0.717) is 10.6 Å². The number of methoxy groups -OCH3 is 1. The molecular weight excluding hydrogens is 190 g/mol. The molecule has 4 nitrogen and oxygen atoms in total. The standard InChI is InChI=1S/C8H9NO3S/c1-5-3-6(12-2)4-7(8(5)13)9(10)11/h3-4,13H,1-2H3. The van der Waals surface area contributed by atoms with Crippen LogP contribution in [0.3, 0.4) is 0 Å². The van der Waals surface area contributed by atoms with Gasteiger partial charge in [-0.2, -0.15) is 0 Å². The first-order valence-corrected chi connectivity index (χ1v) is 4.03. The number of nitro benzene ring substituents is 1. The maximum atomic E-state index is 10.5. The highest BCUT2D eigenvalue weighted by atomic mass is 32.1. The fourth-order valence-corrected chi connectivity index (χ4v) is 1.20. The van der Waals surface area contributed by atoms with Crippen LogP contribution in [0.1, 0.15) is 5.56 Å². The number of hydrogen-bond donors (Lipinski definition) is 1. The molecule has 0 spiro atoms. The first kappa shape index (κ1) is 9.85. The van der Waals surface area contributed by atoms with Crippen LogP contribution in [0.5, 0.6) is 5.75 Å². The first-order chi connectivity index (χ1) is 6.06. The van der Waals surface area contributed by atoms with Gasteiger partial charge in [0, 0.05) is 0 Å². The van der Waals surface area contributed by atoms with Crippen LogP contribution >= 0.6 is 12.6 Å². The normalized spacial score (nSPS) is 9.77. The van der Waals surface area contributed by atoms with Crippen molar-refractivity contribution in [3.63, 3.8) is 0 Å². The Labute approximate surface area is 81.1 Å². The van der Waals surface area contributed by atoms with Gasteiger partial charge >= 0.3 is 0 Å². The summed E-state index contributed by atoms with van der Waals surface area (Å²) in [5.74, 6) is 0.474. The molecule has 0 aliphatic heterocycles. The van der Waals surface area contributed by atoms with E-state index in [1.54, 1.807) is 13.0 Å². The maximum Gasteiger partial charge on any atom is 0.286 e. The minimum atomic E-state index is -0.474. The van der Waals surface area contributed by atoms with Gasteiger partial charge in [-0.15, -0.1) is 12.6 Å². The largest absolute Gasteiger partial charge is 0.496 e. The topological polar surface area (TPSA) is 52.4 Å². The smallest absolute Gasteiger partial charge is 0.286 e. The van der Waals surface area contributed by atoms with E-state index >= 15 is 0 Å². The molecule has 0 fully saturated rings. The van der Waals surface area contributed by atoms with Gasteiger partial charge in [-0.3, -0.25) is 10.1 Å². The number of hydrogen-bond acceptors (Lipinski definition) is 4. The molecule has 0 aliphatic rings. The molecule has 0 atom stereocenters. The number of rotatable bonds is 2. The quantitative estimate of drug-likeness (QED) is 0.451. The van der Waals surface area contributed by atoms with Gasteiger partial charge in [0.2, 0.25) is 0 Å². The average molecular weight is 199 g/mol. The van der Waals surface area contributed by atoms with Gasteiger partial charge in [0.15, 0.2) is 0 Å². The van der Waals surface area contributed by atoms with Gasteiger partial charge in [0.25, 0.3) is 5.69 Å². The molecule has 1 aromatic carbocycles. The van der Waals surface area contributed by atoms with Gasteiger partial charge < -0.3 is 4.74 Å². The van der Waals surface area contributed by atoms with Crippen LogP contribution in [0, 0.1) is 17.0 Å². The average Bonchev–Trinajstić information content (AvgIpc) is 2.09. The van der Waals surface area contributed by atoms with Crippen LogP contribution in [-0.4, -0.2) is 12.0 Å². The van der Waals surface area contributed by atoms with E-state index in [9.17, 15) is 10.1 Å². The summed E-state index contributed by atoms with van der Waals surface area (Å²) in [7, 11) is 1.47. The SMILES string of the molecule is COc1cc(C)c(S)c([N+](=O)[O-])c1. The third-order valence-corrected chi connectivity index (χ3v) is 2.27. The Morgan fingerprint density at radius 3 is 2.62 bits per heavy atom. The van der Waals surface area contributed by atoms with E-state index in [2.05, 4.69) is 12.6 Å². The number of aryl methyl sites for hydroxylation is 1. The van der Waals surface area contributed by atoms with E-state index < -0.39 is 4.92 Å². The van der Waals surface area contributed by atoms with Crippen molar-refractivity contribution >= 4 is 18.3 Å². The fourth-order valence-electron chi connectivity index (χ4n) is 0.986. The second-order valence-corrected chi connectivity index (χ2v) is 3.02. The predicted octanol–water partition coefficient (Wildman–Crippen LogP) is 2.20. The van der Waals surface area contributed by atoms with Crippen molar-refractivity contribution in [1.82, 2.24) is 0 Å². The molecule has 70 valence electrons. The third kappa shape index (κ3) is 1.92. The van der Waals surface area contributed by atoms with Crippen molar-refractivity contribution in [3.05, 3.63) is 27.8 Å². The monoisotopic (exact) mass is 199 g/mol. The third-order valence-electron chi connectivity index (χ3n) is 1.69. The van der Waals surface area contributed by atoms with Crippen LogP contribution < -0.4 is 4.74 Å². The van der Waals surface area contributed by atoms with Crippen molar-refractivity contribution in [2.45, 2.75) is 11.8 Å². The molecule has 0 saturated heterocycles. The molecule has 0 radical (unpaired) electrons. The van der Waals surface area contributed by atoms with Gasteiger partial charge in [0.05, 0.1) is 23.0 Å². The predicted molar refractivity (Wildman–Crippen MR) is 51.6 cm³/mol. The molecule has 0 unspecified atom stereocenters. The van der Waals surface area contributed by atoms with Gasteiger partial charge in [-0.1, -0.05) is 0 Å². The lowest BCUT2D eigenvalue weighted by Crippen LogP contribution is -1.93. The van der Waals surface area contributed by atoms with Crippen LogP contribution in [0.2, 0.25) is 0 Å². The van der Waals surface area contributed by atoms with E-state index in [1.165, 1.54) is 13.2 Å². The van der Waals surface area contributed by atoms with Crippen LogP contribution in [-0.2, 0) is 0 Å². The van der Waals surface area contributed by atoms with Crippen molar-refractivity contribution in [3.8, 4) is 5.75 Å². The second kappa shape index (κ2) is 3.66.